The Kier molecular flexibility index (Phi) is 5.68. The molecule has 3 N–H and O–H groups in total. The molecular weight excluding hydrogens is 299 g/mol. The maximum Gasteiger partial charge on any atom is 0.329 e. The molecule has 0 aliphatic heterocycles. The van der Waals surface area contributed by atoms with E-state index in [9.17, 15) is 14.0 Å². The van der Waals surface area contributed by atoms with Crippen molar-refractivity contribution in [3.05, 3.63) is 71.5 Å². The minimum Gasteiger partial charge on any atom is -0.459 e. The molecule has 6 heteroatoms. The van der Waals surface area contributed by atoms with E-state index < -0.39 is 23.9 Å². The minimum atomic E-state index is -0.900. The molecule has 0 aromatic heterocycles. The maximum atomic E-state index is 13.1. The van der Waals surface area contributed by atoms with Gasteiger partial charge in [-0.05, 0) is 23.3 Å². The van der Waals surface area contributed by atoms with E-state index in [0.29, 0.717) is 5.56 Å². The van der Waals surface area contributed by atoms with Crippen LogP contribution in [0.3, 0.4) is 0 Å². The number of halogens is 1. The van der Waals surface area contributed by atoms with Crippen LogP contribution >= 0.6 is 0 Å². The van der Waals surface area contributed by atoms with Crippen molar-refractivity contribution >= 4 is 12.0 Å². The molecule has 0 unspecified atom stereocenters. The Morgan fingerprint density at radius 1 is 1.09 bits per heavy atom. The third kappa shape index (κ3) is 5.43. The minimum absolute atomic E-state index is 0.0810. The monoisotopic (exact) mass is 316 g/mol. The zero-order valence-electron chi connectivity index (χ0n) is 12.4. The molecule has 23 heavy (non-hydrogen) atoms. The van der Waals surface area contributed by atoms with E-state index in [0.717, 1.165) is 5.56 Å². The van der Waals surface area contributed by atoms with Crippen LogP contribution in [0.25, 0.3) is 0 Å². The second kappa shape index (κ2) is 7.93. The number of nitrogens with two attached hydrogens (primary N) is 1. The van der Waals surface area contributed by atoms with E-state index in [1.165, 1.54) is 18.2 Å². The van der Waals surface area contributed by atoms with Crippen molar-refractivity contribution in [3.63, 3.8) is 0 Å². The highest BCUT2D eigenvalue weighted by atomic mass is 19.1. The van der Waals surface area contributed by atoms with Gasteiger partial charge in [0.25, 0.3) is 0 Å². The molecule has 2 aromatic rings. The molecule has 1 atom stereocenters. The van der Waals surface area contributed by atoms with E-state index in [1.54, 1.807) is 6.07 Å². The number of nitrogens with one attached hydrogen (secondary N) is 1. The third-order valence-corrected chi connectivity index (χ3v) is 3.15. The fourth-order valence-electron chi connectivity index (χ4n) is 2.10. The quantitative estimate of drug-likeness (QED) is 0.801. The van der Waals surface area contributed by atoms with Gasteiger partial charge in [0.15, 0.2) is 0 Å². The Morgan fingerprint density at radius 2 is 1.78 bits per heavy atom. The van der Waals surface area contributed by atoms with Crippen molar-refractivity contribution < 1.29 is 18.7 Å². The molecule has 0 heterocycles. The molecule has 2 amide bonds. The molecule has 0 bridgehead atoms. The number of ether oxygens (including phenoxy) is 1. The van der Waals surface area contributed by atoms with Gasteiger partial charge in [-0.15, -0.1) is 0 Å². The van der Waals surface area contributed by atoms with Crippen LogP contribution < -0.4 is 11.1 Å². The first-order valence-corrected chi connectivity index (χ1v) is 7.05. The molecule has 2 aromatic carbocycles. The highest BCUT2D eigenvalue weighted by Gasteiger charge is 2.22. The van der Waals surface area contributed by atoms with Crippen LogP contribution in [0.1, 0.15) is 11.1 Å². The number of hydrogen-bond donors (Lipinski definition) is 2. The molecule has 0 saturated carbocycles. The van der Waals surface area contributed by atoms with Gasteiger partial charge in [-0.2, -0.15) is 0 Å². The summed E-state index contributed by atoms with van der Waals surface area (Å²) < 4.78 is 18.2. The van der Waals surface area contributed by atoms with Gasteiger partial charge in [0.05, 0.1) is 0 Å². The molecule has 0 aliphatic rings. The van der Waals surface area contributed by atoms with Gasteiger partial charge in [0.2, 0.25) is 0 Å². The first kappa shape index (κ1) is 16.5. The van der Waals surface area contributed by atoms with E-state index in [-0.39, 0.29) is 13.0 Å². The zero-order chi connectivity index (χ0) is 16.7. The number of carbonyl (C=O) groups excluding carboxylic acids is 2. The first-order valence-electron chi connectivity index (χ1n) is 7.05. The Morgan fingerprint density at radius 3 is 2.43 bits per heavy atom. The summed E-state index contributed by atoms with van der Waals surface area (Å²) in [5, 5.41) is 2.37. The Labute approximate surface area is 133 Å². The number of amides is 2. The summed E-state index contributed by atoms with van der Waals surface area (Å²) in [7, 11) is 0. The lowest BCUT2D eigenvalue weighted by molar-refractivity contribution is -0.147. The average molecular weight is 316 g/mol. The molecule has 0 saturated heterocycles. The normalized spacial score (nSPS) is 11.5. The van der Waals surface area contributed by atoms with E-state index in [4.69, 9.17) is 10.5 Å². The lowest BCUT2D eigenvalue weighted by Gasteiger charge is -2.16. The predicted octanol–water partition coefficient (Wildman–Crippen LogP) is 2.15. The summed E-state index contributed by atoms with van der Waals surface area (Å²) in [5.74, 6) is -1.04. The second-order valence-corrected chi connectivity index (χ2v) is 4.99. The number of esters is 1. The van der Waals surface area contributed by atoms with Crippen molar-refractivity contribution in [2.24, 2.45) is 5.73 Å². The van der Waals surface area contributed by atoms with Crippen LogP contribution in [0, 0.1) is 5.82 Å². The third-order valence-electron chi connectivity index (χ3n) is 3.15. The van der Waals surface area contributed by atoms with E-state index in [2.05, 4.69) is 5.32 Å². The number of benzene rings is 2. The van der Waals surface area contributed by atoms with Crippen LogP contribution in [0.15, 0.2) is 54.6 Å². The topological polar surface area (TPSA) is 81.4 Å². The van der Waals surface area contributed by atoms with Crippen molar-refractivity contribution in [1.82, 2.24) is 5.32 Å². The van der Waals surface area contributed by atoms with Crippen LogP contribution in [0.2, 0.25) is 0 Å². The average Bonchev–Trinajstić information content (AvgIpc) is 2.52. The van der Waals surface area contributed by atoms with Crippen LogP contribution in [-0.2, 0) is 22.6 Å². The lowest BCUT2D eigenvalue weighted by Crippen LogP contribution is -2.45. The molecule has 5 nitrogen and oxygen atoms in total. The van der Waals surface area contributed by atoms with Crippen LogP contribution in [0.5, 0.6) is 0 Å². The maximum absolute atomic E-state index is 13.1. The second-order valence-electron chi connectivity index (χ2n) is 4.99. The molecule has 0 fully saturated rings. The molecule has 0 aliphatic carbocycles. The van der Waals surface area contributed by atoms with Crippen LogP contribution in [0.4, 0.5) is 9.18 Å². The number of urea groups is 1. The van der Waals surface area contributed by atoms with Gasteiger partial charge in [0, 0.05) is 6.42 Å². The number of hydrogen-bond acceptors (Lipinski definition) is 3. The van der Waals surface area contributed by atoms with Crippen molar-refractivity contribution in [2.75, 3.05) is 0 Å². The standard InChI is InChI=1S/C17H17FN2O3/c18-14-8-4-7-13(9-14)11-23-16(21)15(20-17(19)22)10-12-5-2-1-3-6-12/h1-9,15H,10-11H2,(H3,19,20,22)/t15-/m0/s1. The Hall–Kier alpha value is -2.89. The smallest absolute Gasteiger partial charge is 0.329 e. The van der Waals surface area contributed by atoms with Gasteiger partial charge >= 0.3 is 12.0 Å². The lowest BCUT2D eigenvalue weighted by atomic mass is 10.1. The SMILES string of the molecule is NC(=O)N[C@@H](Cc1ccccc1)C(=O)OCc1cccc(F)c1. The number of carbonyl (C=O) groups is 2. The molecule has 0 radical (unpaired) electrons. The summed E-state index contributed by atoms with van der Waals surface area (Å²) in [6.07, 6.45) is 0.256. The zero-order valence-corrected chi connectivity index (χ0v) is 12.4. The molecule has 120 valence electrons. The van der Waals surface area contributed by atoms with Gasteiger partial charge in [0.1, 0.15) is 18.5 Å². The van der Waals surface area contributed by atoms with Gasteiger partial charge < -0.3 is 15.8 Å². The molecule has 2 rings (SSSR count). The summed E-state index contributed by atoms with van der Waals surface area (Å²) in [5.41, 5.74) is 6.48. The highest BCUT2D eigenvalue weighted by molar-refractivity contribution is 5.83. The number of primary amides is 1. The van der Waals surface area contributed by atoms with E-state index in [1.807, 2.05) is 30.3 Å². The summed E-state index contributed by atoms with van der Waals surface area (Å²) >= 11 is 0. The van der Waals surface area contributed by atoms with Gasteiger partial charge in [-0.1, -0.05) is 42.5 Å². The first-order chi connectivity index (χ1) is 11.0. The van der Waals surface area contributed by atoms with Gasteiger partial charge in [-0.25, -0.2) is 14.0 Å². The highest BCUT2D eigenvalue weighted by Crippen LogP contribution is 2.08. The molecular formula is C17H17FN2O3. The van der Waals surface area contributed by atoms with E-state index >= 15 is 0 Å². The largest absolute Gasteiger partial charge is 0.459 e. The summed E-state index contributed by atoms with van der Waals surface area (Å²) in [6, 6.07) is 13.2. The summed E-state index contributed by atoms with van der Waals surface area (Å²) in [4.78, 5) is 23.2. The Balaban J connectivity index is 2.00. The van der Waals surface area contributed by atoms with Crippen molar-refractivity contribution in [2.45, 2.75) is 19.1 Å². The van der Waals surface area contributed by atoms with Gasteiger partial charge in [-0.3, -0.25) is 0 Å². The Bertz CT molecular complexity index is 677. The van der Waals surface area contributed by atoms with Crippen molar-refractivity contribution in [3.8, 4) is 0 Å². The summed E-state index contributed by atoms with van der Waals surface area (Å²) in [6.45, 7) is -0.0810. The van der Waals surface area contributed by atoms with Crippen molar-refractivity contribution in [1.29, 1.82) is 0 Å². The predicted molar refractivity (Wildman–Crippen MR) is 82.8 cm³/mol. The fourth-order valence-corrected chi connectivity index (χ4v) is 2.10. The fraction of sp³-hybridized carbons (Fsp3) is 0.176. The molecule has 0 spiro atoms. The van der Waals surface area contributed by atoms with Crippen LogP contribution in [-0.4, -0.2) is 18.0 Å². The number of rotatable bonds is 6.